The molecule has 1 atom stereocenters. The van der Waals surface area contributed by atoms with Gasteiger partial charge in [0.1, 0.15) is 0 Å². The standard InChI is InChI=1S/C22H25ClN4O2S/c23-17-3-2-15-9-21(10-16(15)8-17)12-26(13-21)20-24-11-18-19(25-20)27(6-7-30(18)29)22(14-28)4-1-5-22/h2-3,8,11,28H,1,4-7,9-10,12-14H2. The molecule has 2 aliphatic heterocycles. The van der Waals surface area contributed by atoms with Gasteiger partial charge < -0.3 is 14.9 Å². The van der Waals surface area contributed by atoms with Crippen LogP contribution < -0.4 is 9.80 Å². The van der Waals surface area contributed by atoms with Crippen LogP contribution in [0.15, 0.2) is 29.3 Å². The van der Waals surface area contributed by atoms with Crippen LogP contribution in [0.2, 0.25) is 5.02 Å². The van der Waals surface area contributed by atoms with Gasteiger partial charge in [-0.25, -0.2) is 4.98 Å². The Kier molecular flexibility index (Phi) is 4.21. The van der Waals surface area contributed by atoms with Crippen LogP contribution in [0.3, 0.4) is 0 Å². The van der Waals surface area contributed by atoms with Crippen molar-refractivity contribution in [1.82, 2.24) is 9.97 Å². The molecule has 8 heteroatoms. The lowest BCUT2D eigenvalue weighted by Gasteiger charge is -2.52. The molecule has 0 bridgehead atoms. The highest BCUT2D eigenvalue weighted by Gasteiger charge is 2.49. The van der Waals surface area contributed by atoms with Crippen LogP contribution in [0.1, 0.15) is 30.4 Å². The highest BCUT2D eigenvalue weighted by atomic mass is 35.5. The van der Waals surface area contributed by atoms with Crippen LogP contribution in [0.4, 0.5) is 11.8 Å². The molecule has 1 saturated heterocycles. The molecule has 30 heavy (non-hydrogen) atoms. The zero-order chi connectivity index (χ0) is 20.5. The van der Waals surface area contributed by atoms with E-state index in [-0.39, 0.29) is 17.6 Å². The zero-order valence-corrected chi connectivity index (χ0v) is 18.4. The summed E-state index contributed by atoms with van der Waals surface area (Å²) in [5.74, 6) is 2.05. The van der Waals surface area contributed by atoms with Gasteiger partial charge in [0.2, 0.25) is 5.95 Å². The van der Waals surface area contributed by atoms with Crippen molar-refractivity contribution in [3.8, 4) is 0 Å². The van der Waals surface area contributed by atoms with Gasteiger partial charge in [0.15, 0.2) is 5.82 Å². The summed E-state index contributed by atoms with van der Waals surface area (Å²) in [6.45, 7) is 2.64. The molecule has 1 unspecified atom stereocenters. The van der Waals surface area contributed by atoms with Crippen molar-refractivity contribution in [3.63, 3.8) is 0 Å². The number of aromatic nitrogens is 2. The Morgan fingerprint density at radius 1 is 1.20 bits per heavy atom. The molecule has 158 valence electrons. The first-order chi connectivity index (χ1) is 14.5. The summed E-state index contributed by atoms with van der Waals surface area (Å²) in [4.78, 5) is 14.6. The number of anilines is 2. The molecule has 1 saturated carbocycles. The summed E-state index contributed by atoms with van der Waals surface area (Å²) in [5, 5.41) is 10.9. The highest BCUT2D eigenvalue weighted by Crippen LogP contribution is 2.47. The number of aliphatic hydroxyl groups excluding tert-OH is 1. The lowest BCUT2D eigenvalue weighted by atomic mass is 9.76. The van der Waals surface area contributed by atoms with Gasteiger partial charge in [0.25, 0.3) is 0 Å². The van der Waals surface area contributed by atoms with Crippen LogP contribution in [0, 0.1) is 5.41 Å². The molecule has 1 aromatic carbocycles. The fourth-order valence-corrected chi connectivity index (χ4v) is 7.03. The van der Waals surface area contributed by atoms with E-state index in [9.17, 15) is 9.32 Å². The lowest BCUT2D eigenvalue weighted by molar-refractivity contribution is 0.115. The smallest absolute Gasteiger partial charge is 0.227 e. The summed E-state index contributed by atoms with van der Waals surface area (Å²) >= 11 is 6.18. The molecular weight excluding hydrogens is 420 g/mol. The third kappa shape index (κ3) is 2.75. The minimum Gasteiger partial charge on any atom is -0.394 e. The molecule has 2 aromatic rings. The van der Waals surface area contributed by atoms with Gasteiger partial charge in [-0.15, -0.1) is 0 Å². The van der Waals surface area contributed by atoms with Crippen LogP contribution in [0.25, 0.3) is 0 Å². The molecule has 4 aliphatic rings. The fourth-order valence-electron chi connectivity index (χ4n) is 5.74. The largest absolute Gasteiger partial charge is 0.394 e. The van der Waals surface area contributed by atoms with Crippen LogP contribution in [0.5, 0.6) is 0 Å². The Labute approximate surface area is 183 Å². The minimum absolute atomic E-state index is 0.117. The minimum atomic E-state index is -1.07. The van der Waals surface area contributed by atoms with E-state index in [4.69, 9.17) is 16.6 Å². The van der Waals surface area contributed by atoms with Crippen molar-refractivity contribution in [2.24, 2.45) is 5.41 Å². The van der Waals surface area contributed by atoms with Gasteiger partial charge in [0, 0.05) is 35.8 Å². The first kappa shape index (κ1) is 19.0. The second-order valence-corrected chi connectivity index (χ2v) is 11.4. The van der Waals surface area contributed by atoms with Gasteiger partial charge in [-0.1, -0.05) is 17.7 Å². The van der Waals surface area contributed by atoms with Gasteiger partial charge in [-0.2, -0.15) is 4.98 Å². The quantitative estimate of drug-likeness (QED) is 0.784. The summed E-state index contributed by atoms with van der Waals surface area (Å²) < 4.78 is 12.6. The van der Waals surface area contributed by atoms with Gasteiger partial charge in [0.05, 0.1) is 34.0 Å². The van der Waals surface area contributed by atoms with Crippen molar-refractivity contribution in [1.29, 1.82) is 0 Å². The second-order valence-electron chi connectivity index (χ2n) is 9.42. The SMILES string of the molecule is O=S1CCN(C2(CO)CCC2)c2nc(N3CC4(Cc5ccc(Cl)cc5C4)C3)ncc21. The summed E-state index contributed by atoms with van der Waals surface area (Å²) in [5.41, 5.74) is 2.77. The second kappa shape index (κ2) is 6.65. The van der Waals surface area contributed by atoms with Crippen LogP contribution in [-0.2, 0) is 23.6 Å². The monoisotopic (exact) mass is 444 g/mol. The van der Waals surface area contributed by atoms with Crippen molar-refractivity contribution in [2.45, 2.75) is 42.5 Å². The van der Waals surface area contributed by atoms with Crippen molar-refractivity contribution in [3.05, 3.63) is 40.5 Å². The van der Waals surface area contributed by atoms with E-state index in [0.29, 0.717) is 23.1 Å². The molecule has 2 aliphatic carbocycles. The number of rotatable bonds is 3. The first-order valence-corrected chi connectivity index (χ1v) is 12.4. The molecule has 0 amide bonds. The zero-order valence-electron chi connectivity index (χ0n) is 16.8. The predicted molar refractivity (Wildman–Crippen MR) is 118 cm³/mol. The Balaban J connectivity index is 1.26. The first-order valence-electron chi connectivity index (χ1n) is 10.7. The number of hydrogen-bond acceptors (Lipinski definition) is 6. The highest BCUT2D eigenvalue weighted by molar-refractivity contribution is 7.85. The van der Waals surface area contributed by atoms with E-state index in [1.807, 2.05) is 6.07 Å². The Morgan fingerprint density at radius 3 is 2.73 bits per heavy atom. The van der Waals surface area contributed by atoms with E-state index >= 15 is 0 Å². The number of aliphatic hydroxyl groups is 1. The molecule has 3 heterocycles. The summed E-state index contributed by atoms with van der Waals surface area (Å²) in [6.07, 6.45) is 6.91. The molecule has 6 nitrogen and oxygen atoms in total. The Bertz CT molecular complexity index is 1050. The molecule has 1 spiro atoms. The Hall–Kier alpha value is -1.70. The average molecular weight is 445 g/mol. The topological polar surface area (TPSA) is 69.6 Å². The third-order valence-electron chi connectivity index (χ3n) is 7.51. The molecule has 1 N–H and O–H groups in total. The number of benzene rings is 1. The molecule has 0 radical (unpaired) electrons. The number of halogens is 1. The Morgan fingerprint density at radius 2 is 2.00 bits per heavy atom. The lowest BCUT2D eigenvalue weighted by Crippen LogP contribution is -2.60. The normalized spacial score (nSPS) is 25.5. The number of nitrogens with zero attached hydrogens (tertiary/aromatic N) is 4. The maximum Gasteiger partial charge on any atom is 0.227 e. The van der Waals surface area contributed by atoms with Gasteiger partial charge >= 0.3 is 0 Å². The van der Waals surface area contributed by atoms with Crippen molar-refractivity contribution < 1.29 is 9.32 Å². The van der Waals surface area contributed by atoms with E-state index in [1.54, 1.807) is 6.20 Å². The third-order valence-corrected chi connectivity index (χ3v) is 9.08. The molecule has 2 fully saturated rings. The van der Waals surface area contributed by atoms with Crippen molar-refractivity contribution in [2.75, 3.05) is 41.8 Å². The van der Waals surface area contributed by atoms with E-state index in [1.165, 1.54) is 11.1 Å². The summed E-state index contributed by atoms with van der Waals surface area (Å²) in [7, 11) is -1.07. The van der Waals surface area contributed by atoms with E-state index < -0.39 is 10.8 Å². The predicted octanol–water partition coefficient (Wildman–Crippen LogP) is 2.58. The van der Waals surface area contributed by atoms with E-state index in [0.717, 1.165) is 56.0 Å². The number of fused-ring (bicyclic) bond motifs is 2. The molecule has 6 rings (SSSR count). The molecule has 1 aromatic heterocycles. The van der Waals surface area contributed by atoms with E-state index in [2.05, 4.69) is 26.9 Å². The van der Waals surface area contributed by atoms with Crippen LogP contribution >= 0.6 is 11.6 Å². The number of hydrogen-bond donors (Lipinski definition) is 1. The van der Waals surface area contributed by atoms with Gasteiger partial charge in [-0.3, -0.25) is 4.21 Å². The maximum atomic E-state index is 12.6. The van der Waals surface area contributed by atoms with Crippen LogP contribution in [-0.4, -0.2) is 56.8 Å². The van der Waals surface area contributed by atoms with Crippen molar-refractivity contribution >= 4 is 34.2 Å². The fraction of sp³-hybridized carbons (Fsp3) is 0.545. The maximum absolute atomic E-state index is 12.6. The molecular formula is C22H25ClN4O2S. The summed E-state index contributed by atoms with van der Waals surface area (Å²) in [6, 6.07) is 6.24. The van der Waals surface area contributed by atoms with Gasteiger partial charge in [-0.05, 0) is 55.4 Å². The average Bonchev–Trinajstić information content (AvgIpc) is 3.07.